The van der Waals surface area contributed by atoms with E-state index in [4.69, 9.17) is 0 Å². The van der Waals surface area contributed by atoms with Gasteiger partial charge in [0.2, 0.25) is 11.8 Å². The van der Waals surface area contributed by atoms with Gasteiger partial charge in [0, 0.05) is 24.8 Å². The van der Waals surface area contributed by atoms with Gasteiger partial charge in [-0.25, -0.2) is 8.78 Å². The molecule has 1 N–H and O–H groups in total. The molecule has 32 heavy (non-hydrogen) atoms. The number of likely N-dealkylation sites (tertiary alicyclic amines) is 1. The van der Waals surface area contributed by atoms with Gasteiger partial charge in [0.1, 0.15) is 18.2 Å². The van der Waals surface area contributed by atoms with E-state index < -0.39 is 17.0 Å². The molecule has 5 nitrogen and oxygen atoms in total. The van der Waals surface area contributed by atoms with E-state index in [2.05, 4.69) is 10.2 Å². The van der Waals surface area contributed by atoms with Crippen molar-refractivity contribution in [3.8, 4) is 0 Å². The second-order valence-corrected chi connectivity index (χ2v) is 9.37. The number of benzene rings is 2. The molecule has 1 fully saturated rings. The minimum absolute atomic E-state index is 0.0373. The molecule has 0 spiro atoms. The van der Waals surface area contributed by atoms with Gasteiger partial charge in [-0.2, -0.15) is 0 Å². The number of carbonyl (C=O) groups excluding carboxylic acids is 2. The maximum absolute atomic E-state index is 13.7. The van der Waals surface area contributed by atoms with Crippen LogP contribution in [0, 0.1) is 17.0 Å². The van der Waals surface area contributed by atoms with Crippen LogP contribution >= 0.6 is 0 Å². The number of aryl methyl sites for hydroxylation is 2. The standard InChI is InChI=1S/C25H29F2N3O2/c1-25(8-9-29(2)16-25)24(32)30(14-17-10-20(26)13-21(27)11-17)15-23(31)28-22-7-6-18-4-3-5-19(18)12-22/h6-7,10-13H,3-5,8-9,14-16H2,1-2H3,(H,28,31). The van der Waals surface area contributed by atoms with Crippen molar-refractivity contribution in [1.82, 2.24) is 9.80 Å². The lowest BCUT2D eigenvalue weighted by molar-refractivity contribution is -0.143. The lowest BCUT2D eigenvalue weighted by Gasteiger charge is -2.31. The zero-order chi connectivity index (χ0) is 22.9. The summed E-state index contributed by atoms with van der Waals surface area (Å²) in [5, 5.41) is 2.89. The fourth-order valence-corrected chi connectivity index (χ4v) is 4.89. The van der Waals surface area contributed by atoms with Crippen molar-refractivity contribution in [2.24, 2.45) is 5.41 Å². The molecule has 1 saturated heterocycles. The molecular formula is C25H29F2N3O2. The molecule has 1 unspecified atom stereocenters. The summed E-state index contributed by atoms with van der Waals surface area (Å²) in [6, 6.07) is 9.09. The van der Waals surface area contributed by atoms with E-state index in [1.807, 2.05) is 32.2 Å². The van der Waals surface area contributed by atoms with Gasteiger partial charge in [-0.3, -0.25) is 9.59 Å². The van der Waals surface area contributed by atoms with E-state index in [9.17, 15) is 18.4 Å². The Bertz CT molecular complexity index is 1020. The number of rotatable bonds is 6. The summed E-state index contributed by atoms with van der Waals surface area (Å²) in [5.41, 5.74) is 2.93. The molecule has 1 aliphatic carbocycles. The van der Waals surface area contributed by atoms with Crippen LogP contribution < -0.4 is 5.32 Å². The first-order valence-electron chi connectivity index (χ1n) is 11.1. The van der Waals surface area contributed by atoms with E-state index >= 15 is 0 Å². The fourth-order valence-electron chi connectivity index (χ4n) is 4.89. The summed E-state index contributed by atoms with van der Waals surface area (Å²) < 4.78 is 27.5. The average Bonchev–Trinajstić information content (AvgIpc) is 3.32. The van der Waals surface area contributed by atoms with Crippen molar-refractivity contribution in [1.29, 1.82) is 0 Å². The molecule has 1 aliphatic heterocycles. The van der Waals surface area contributed by atoms with E-state index in [-0.39, 0.29) is 24.9 Å². The second kappa shape index (κ2) is 8.98. The first-order valence-corrected chi connectivity index (χ1v) is 11.1. The van der Waals surface area contributed by atoms with Crippen molar-refractivity contribution in [2.45, 2.75) is 39.2 Å². The van der Waals surface area contributed by atoms with Crippen LogP contribution in [0.4, 0.5) is 14.5 Å². The van der Waals surface area contributed by atoms with Gasteiger partial charge in [0.15, 0.2) is 0 Å². The maximum Gasteiger partial charge on any atom is 0.244 e. The topological polar surface area (TPSA) is 52.7 Å². The molecule has 7 heteroatoms. The van der Waals surface area contributed by atoms with E-state index in [0.29, 0.717) is 24.2 Å². The zero-order valence-electron chi connectivity index (χ0n) is 18.6. The molecule has 0 saturated carbocycles. The molecular weight excluding hydrogens is 412 g/mol. The summed E-state index contributed by atoms with van der Waals surface area (Å²) in [6.07, 6.45) is 3.85. The van der Waals surface area contributed by atoms with Gasteiger partial charge >= 0.3 is 0 Å². The lowest BCUT2D eigenvalue weighted by atomic mass is 9.87. The Labute approximate surface area is 187 Å². The molecule has 0 aromatic heterocycles. The smallest absolute Gasteiger partial charge is 0.244 e. The van der Waals surface area contributed by atoms with E-state index in [1.54, 1.807) is 0 Å². The van der Waals surface area contributed by atoms with Gasteiger partial charge in [-0.15, -0.1) is 0 Å². The van der Waals surface area contributed by atoms with Gasteiger partial charge in [-0.1, -0.05) is 6.07 Å². The quantitative estimate of drug-likeness (QED) is 0.743. The van der Waals surface area contributed by atoms with Crippen LogP contribution in [0.15, 0.2) is 36.4 Å². The van der Waals surface area contributed by atoms with Crippen LogP contribution in [0.1, 0.15) is 36.5 Å². The molecule has 1 atom stereocenters. The second-order valence-electron chi connectivity index (χ2n) is 9.37. The van der Waals surface area contributed by atoms with Crippen LogP contribution in [0.2, 0.25) is 0 Å². The third kappa shape index (κ3) is 4.99. The number of nitrogens with zero attached hydrogens (tertiary/aromatic N) is 2. The Morgan fingerprint density at radius 2 is 1.81 bits per heavy atom. The van der Waals surface area contributed by atoms with Crippen molar-refractivity contribution in [3.63, 3.8) is 0 Å². The molecule has 4 rings (SSSR count). The summed E-state index contributed by atoms with van der Waals surface area (Å²) in [6.45, 7) is 3.02. The molecule has 2 aromatic carbocycles. The van der Waals surface area contributed by atoms with Crippen molar-refractivity contribution >= 4 is 17.5 Å². The highest BCUT2D eigenvalue weighted by molar-refractivity contribution is 5.95. The predicted molar refractivity (Wildman–Crippen MR) is 119 cm³/mol. The Balaban J connectivity index is 1.52. The summed E-state index contributed by atoms with van der Waals surface area (Å²) >= 11 is 0. The minimum atomic E-state index is -0.707. The molecule has 2 amide bonds. The van der Waals surface area contributed by atoms with Crippen LogP contribution in [0.3, 0.4) is 0 Å². The lowest BCUT2D eigenvalue weighted by Crippen LogP contribution is -2.46. The normalized spacial score (nSPS) is 20.2. The maximum atomic E-state index is 13.7. The van der Waals surface area contributed by atoms with Crippen molar-refractivity contribution in [2.75, 3.05) is 32.0 Å². The number of amides is 2. The average molecular weight is 442 g/mol. The monoisotopic (exact) mass is 441 g/mol. The largest absolute Gasteiger partial charge is 0.329 e. The van der Waals surface area contributed by atoms with Gasteiger partial charge in [-0.05, 0) is 87.2 Å². The number of fused-ring (bicyclic) bond motifs is 1. The third-order valence-corrected chi connectivity index (χ3v) is 6.48. The Kier molecular flexibility index (Phi) is 6.29. The molecule has 170 valence electrons. The molecule has 0 radical (unpaired) electrons. The predicted octanol–water partition coefficient (Wildman–Crippen LogP) is 3.76. The molecule has 2 aromatic rings. The van der Waals surface area contributed by atoms with Gasteiger partial charge in [0.25, 0.3) is 0 Å². The minimum Gasteiger partial charge on any atom is -0.329 e. The van der Waals surface area contributed by atoms with Crippen LogP contribution in [-0.4, -0.2) is 48.3 Å². The fraction of sp³-hybridized carbons (Fsp3) is 0.440. The molecule has 1 heterocycles. The van der Waals surface area contributed by atoms with E-state index in [1.165, 1.54) is 28.2 Å². The number of hydrogen-bond donors (Lipinski definition) is 1. The van der Waals surface area contributed by atoms with Crippen molar-refractivity contribution in [3.05, 3.63) is 64.7 Å². The summed E-state index contributed by atoms with van der Waals surface area (Å²) in [4.78, 5) is 29.8. The Morgan fingerprint density at radius 1 is 1.09 bits per heavy atom. The zero-order valence-corrected chi connectivity index (χ0v) is 18.6. The summed E-state index contributed by atoms with van der Waals surface area (Å²) in [7, 11) is 1.95. The van der Waals surface area contributed by atoms with Gasteiger partial charge in [0.05, 0.1) is 5.41 Å². The van der Waals surface area contributed by atoms with Crippen molar-refractivity contribution < 1.29 is 18.4 Å². The van der Waals surface area contributed by atoms with Crippen LogP contribution in [0.25, 0.3) is 0 Å². The highest BCUT2D eigenvalue weighted by Gasteiger charge is 2.42. The number of nitrogens with one attached hydrogen (secondary N) is 1. The van der Waals surface area contributed by atoms with Crippen LogP contribution in [-0.2, 0) is 29.0 Å². The number of halogens is 2. The number of hydrogen-bond acceptors (Lipinski definition) is 3. The molecule has 2 aliphatic rings. The number of anilines is 1. The van der Waals surface area contributed by atoms with E-state index in [0.717, 1.165) is 31.9 Å². The Morgan fingerprint density at radius 3 is 2.50 bits per heavy atom. The highest BCUT2D eigenvalue weighted by atomic mass is 19.1. The highest BCUT2D eigenvalue weighted by Crippen LogP contribution is 2.32. The van der Waals surface area contributed by atoms with Crippen LogP contribution in [0.5, 0.6) is 0 Å². The first-order chi connectivity index (χ1) is 15.2. The number of carbonyl (C=O) groups is 2. The Hall–Kier alpha value is -2.80. The third-order valence-electron chi connectivity index (χ3n) is 6.48. The first kappa shape index (κ1) is 22.4. The molecule has 0 bridgehead atoms. The van der Waals surface area contributed by atoms with Gasteiger partial charge < -0.3 is 15.1 Å². The SMILES string of the molecule is CN1CCC(C)(C(=O)N(CC(=O)Nc2ccc3c(c2)CCC3)Cc2cc(F)cc(F)c2)C1. The summed E-state index contributed by atoms with van der Waals surface area (Å²) in [5.74, 6) is -1.93.